The van der Waals surface area contributed by atoms with Crippen LogP contribution in [0.15, 0.2) is 0 Å². The molecule has 0 aromatic heterocycles. The molecule has 0 aromatic carbocycles. The summed E-state index contributed by atoms with van der Waals surface area (Å²) in [6, 6.07) is 2.24. The molecular weight excluding hydrogens is 242 g/mol. The normalized spacial score (nSPS) is 23.0. The van der Waals surface area contributed by atoms with Gasteiger partial charge < -0.3 is 10.6 Å². The number of carbonyl (C=O) groups excluding carboxylic acids is 2. The van der Waals surface area contributed by atoms with Crippen LogP contribution in [0.4, 0.5) is 0 Å². The van der Waals surface area contributed by atoms with Gasteiger partial charge >= 0.3 is 0 Å². The van der Waals surface area contributed by atoms with E-state index in [1.54, 1.807) is 4.90 Å². The van der Waals surface area contributed by atoms with Crippen LogP contribution in [0.25, 0.3) is 0 Å². The Morgan fingerprint density at radius 2 is 1.84 bits per heavy atom. The van der Waals surface area contributed by atoms with E-state index in [1.807, 2.05) is 0 Å². The van der Waals surface area contributed by atoms with Crippen LogP contribution in [0.3, 0.4) is 0 Å². The van der Waals surface area contributed by atoms with Gasteiger partial charge in [0.05, 0.1) is 17.9 Å². The van der Waals surface area contributed by atoms with Gasteiger partial charge in [-0.3, -0.25) is 9.59 Å². The number of primary amides is 1. The highest BCUT2D eigenvalue weighted by Crippen LogP contribution is 2.40. The van der Waals surface area contributed by atoms with Crippen LogP contribution in [0, 0.1) is 29.1 Å². The SMILES string of the molecule is N#CC1CCN(C(=O)[CH]C2(C(N)=O)CCCC2)CC1. The van der Waals surface area contributed by atoms with Gasteiger partial charge in [0.2, 0.25) is 11.8 Å². The van der Waals surface area contributed by atoms with Crippen LogP contribution >= 0.6 is 0 Å². The molecule has 0 atom stereocenters. The third-order valence-corrected chi connectivity index (χ3v) is 4.38. The van der Waals surface area contributed by atoms with Gasteiger partial charge in [-0.05, 0) is 25.7 Å². The van der Waals surface area contributed by atoms with Crippen molar-refractivity contribution in [3.8, 4) is 6.07 Å². The smallest absolute Gasteiger partial charge is 0.227 e. The lowest BCUT2D eigenvalue weighted by atomic mass is 9.81. The molecule has 1 saturated carbocycles. The Balaban J connectivity index is 1.94. The number of rotatable bonds is 3. The van der Waals surface area contributed by atoms with E-state index in [0.717, 1.165) is 25.7 Å². The first-order valence-electron chi connectivity index (χ1n) is 6.92. The Bertz CT molecular complexity index is 399. The lowest BCUT2D eigenvalue weighted by molar-refractivity contribution is -0.134. The second-order valence-corrected chi connectivity index (χ2v) is 5.60. The second-order valence-electron chi connectivity index (χ2n) is 5.60. The van der Waals surface area contributed by atoms with Gasteiger partial charge in [0, 0.05) is 19.0 Å². The van der Waals surface area contributed by atoms with Crippen molar-refractivity contribution < 1.29 is 9.59 Å². The number of likely N-dealkylation sites (tertiary alicyclic amines) is 1. The zero-order chi connectivity index (χ0) is 13.9. The highest BCUT2D eigenvalue weighted by atomic mass is 16.2. The van der Waals surface area contributed by atoms with Crippen molar-refractivity contribution in [2.45, 2.75) is 38.5 Å². The molecule has 0 bridgehead atoms. The lowest BCUT2D eigenvalue weighted by Crippen LogP contribution is -2.44. The maximum atomic E-state index is 12.2. The molecular formula is C14H20N3O2. The van der Waals surface area contributed by atoms with Gasteiger partial charge in [0.1, 0.15) is 0 Å². The molecule has 1 aliphatic heterocycles. The maximum Gasteiger partial charge on any atom is 0.227 e. The van der Waals surface area contributed by atoms with Gasteiger partial charge in [-0.1, -0.05) is 12.8 Å². The predicted octanol–water partition coefficient (Wildman–Crippen LogP) is 0.999. The van der Waals surface area contributed by atoms with Crippen LogP contribution in [0.1, 0.15) is 38.5 Å². The van der Waals surface area contributed by atoms with E-state index in [-0.39, 0.29) is 17.7 Å². The molecule has 2 amide bonds. The van der Waals surface area contributed by atoms with E-state index in [9.17, 15) is 9.59 Å². The number of nitrogens with two attached hydrogens (primary N) is 1. The Morgan fingerprint density at radius 1 is 1.26 bits per heavy atom. The fraction of sp³-hybridized carbons (Fsp3) is 0.714. The first-order valence-corrected chi connectivity index (χ1v) is 6.92. The third-order valence-electron chi connectivity index (χ3n) is 4.38. The molecule has 2 rings (SSSR count). The zero-order valence-electron chi connectivity index (χ0n) is 11.1. The van der Waals surface area contributed by atoms with Gasteiger partial charge in [0.25, 0.3) is 0 Å². The van der Waals surface area contributed by atoms with Gasteiger partial charge in [-0.25, -0.2) is 0 Å². The molecule has 2 aliphatic rings. The number of hydrogen-bond acceptors (Lipinski definition) is 3. The molecule has 2 fully saturated rings. The minimum Gasteiger partial charge on any atom is -0.369 e. The van der Waals surface area contributed by atoms with Gasteiger partial charge in [0.15, 0.2) is 0 Å². The molecule has 1 aliphatic carbocycles. The molecule has 5 heteroatoms. The van der Waals surface area contributed by atoms with Crippen molar-refractivity contribution in [2.24, 2.45) is 17.1 Å². The molecule has 1 heterocycles. The number of hydrogen-bond donors (Lipinski definition) is 1. The number of nitrogens with zero attached hydrogens (tertiary/aromatic N) is 2. The topological polar surface area (TPSA) is 87.2 Å². The number of piperidine rings is 1. The maximum absolute atomic E-state index is 12.2. The summed E-state index contributed by atoms with van der Waals surface area (Å²) in [5.74, 6) is -0.428. The predicted molar refractivity (Wildman–Crippen MR) is 69.3 cm³/mol. The summed E-state index contributed by atoms with van der Waals surface area (Å²) in [7, 11) is 0. The summed E-state index contributed by atoms with van der Waals surface area (Å²) in [4.78, 5) is 25.6. The summed E-state index contributed by atoms with van der Waals surface area (Å²) in [6.45, 7) is 1.20. The van der Waals surface area contributed by atoms with Crippen LogP contribution in [0.2, 0.25) is 0 Å². The molecule has 2 N–H and O–H groups in total. The van der Waals surface area contributed by atoms with Crippen LogP contribution in [0.5, 0.6) is 0 Å². The van der Waals surface area contributed by atoms with Gasteiger partial charge in [-0.15, -0.1) is 0 Å². The van der Waals surface area contributed by atoms with E-state index < -0.39 is 5.41 Å². The number of nitriles is 1. The molecule has 19 heavy (non-hydrogen) atoms. The molecule has 1 radical (unpaired) electrons. The van der Waals surface area contributed by atoms with Crippen molar-refractivity contribution >= 4 is 11.8 Å². The quantitative estimate of drug-likeness (QED) is 0.823. The molecule has 0 unspecified atom stereocenters. The van der Waals surface area contributed by atoms with Crippen molar-refractivity contribution in [1.82, 2.24) is 4.90 Å². The molecule has 103 valence electrons. The van der Waals surface area contributed by atoms with E-state index in [1.165, 1.54) is 6.42 Å². The summed E-state index contributed by atoms with van der Waals surface area (Å²) < 4.78 is 0. The monoisotopic (exact) mass is 262 g/mol. The van der Waals surface area contributed by atoms with E-state index in [4.69, 9.17) is 11.0 Å². The highest BCUT2D eigenvalue weighted by molar-refractivity contribution is 5.95. The lowest BCUT2D eigenvalue weighted by Gasteiger charge is -2.32. The fourth-order valence-corrected chi connectivity index (χ4v) is 3.02. The molecule has 0 spiro atoms. The number of amides is 2. The van der Waals surface area contributed by atoms with E-state index >= 15 is 0 Å². The Morgan fingerprint density at radius 3 is 2.32 bits per heavy atom. The largest absolute Gasteiger partial charge is 0.369 e. The average Bonchev–Trinajstić information content (AvgIpc) is 2.88. The summed E-state index contributed by atoms with van der Waals surface area (Å²) >= 11 is 0. The molecule has 0 aromatic rings. The second kappa shape index (κ2) is 5.60. The number of carbonyl (C=O) groups is 2. The summed E-state index contributed by atoms with van der Waals surface area (Å²) in [5.41, 5.74) is 4.74. The average molecular weight is 262 g/mol. The van der Waals surface area contributed by atoms with E-state index in [0.29, 0.717) is 25.9 Å². The minimum atomic E-state index is -0.733. The summed E-state index contributed by atoms with van der Waals surface area (Å²) in [5, 5.41) is 8.84. The first-order chi connectivity index (χ1) is 9.07. The van der Waals surface area contributed by atoms with Crippen molar-refractivity contribution in [3.63, 3.8) is 0 Å². The van der Waals surface area contributed by atoms with E-state index in [2.05, 4.69) is 6.07 Å². The van der Waals surface area contributed by atoms with Crippen molar-refractivity contribution in [3.05, 3.63) is 6.42 Å². The molecule has 1 saturated heterocycles. The summed E-state index contributed by atoms with van der Waals surface area (Å²) in [6.07, 6.45) is 6.24. The van der Waals surface area contributed by atoms with Crippen LogP contribution in [-0.4, -0.2) is 29.8 Å². The van der Waals surface area contributed by atoms with Crippen molar-refractivity contribution in [1.29, 1.82) is 5.26 Å². The molecule has 5 nitrogen and oxygen atoms in total. The zero-order valence-corrected chi connectivity index (χ0v) is 11.1. The fourth-order valence-electron chi connectivity index (χ4n) is 3.02. The minimum absolute atomic E-state index is 0.0561. The first kappa shape index (κ1) is 13.9. The standard InChI is InChI=1S/C14H20N3O2/c15-10-11-3-7-17(8-4-11)12(18)9-14(13(16)19)5-1-2-6-14/h9,11H,1-8H2,(H2,16,19). The Labute approximate surface area is 113 Å². The van der Waals surface area contributed by atoms with Crippen molar-refractivity contribution in [2.75, 3.05) is 13.1 Å². The third kappa shape index (κ3) is 2.89. The Hall–Kier alpha value is -1.57. The van der Waals surface area contributed by atoms with Gasteiger partial charge in [-0.2, -0.15) is 5.26 Å². The Kier molecular flexibility index (Phi) is 4.08. The highest BCUT2D eigenvalue weighted by Gasteiger charge is 2.42. The van der Waals surface area contributed by atoms with Crippen LogP contribution in [-0.2, 0) is 9.59 Å². The van der Waals surface area contributed by atoms with Crippen LogP contribution < -0.4 is 5.73 Å².